The van der Waals surface area contributed by atoms with Crippen LogP contribution in [-0.4, -0.2) is 18.8 Å². The van der Waals surface area contributed by atoms with Gasteiger partial charge in [0, 0.05) is 19.6 Å². The fourth-order valence-electron chi connectivity index (χ4n) is 1.29. The molecule has 3 nitrogen and oxygen atoms in total. The quantitative estimate of drug-likeness (QED) is 0.386. The highest BCUT2D eigenvalue weighted by molar-refractivity contribution is 4.95. The summed E-state index contributed by atoms with van der Waals surface area (Å²) in [6.07, 6.45) is 2.74. The molecule has 0 spiro atoms. The Bertz CT molecular complexity index is 203. The smallest absolute Gasteiger partial charge is 0.0638 e. The van der Waals surface area contributed by atoms with E-state index in [9.17, 15) is 0 Å². The van der Waals surface area contributed by atoms with Gasteiger partial charge in [-0.2, -0.15) is 0 Å². The molecule has 1 atom stereocenters. The molecule has 0 saturated heterocycles. The Morgan fingerprint density at radius 2 is 2.14 bits per heavy atom. The van der Waals surface area contributed by atoms with Crippen LogP contribution in [0, 0.1) is 11.8 Å². The Kier molecular flexibility index (Phi) is 6.56. The van der Waals surface area contributed by atoms with Crippen molar-refractivity contribution >= 4 is 0 Å². The second-order valence-corrected chi connectivity index (χ2v) is 4.00. The van der Waals surface area contributed by atoms with E-state index in [1.165, 1.54) is 0 Å². The second kappa shape index (κ2) is 6.83. The summed E-state index contributed by atoms with van der Waals surface area (Å²) in [5.74, 6) is 11.4. The lowest BCUT2D eigenvalue weighted by Crippen LogP contribution is -2.41. The summed E-state index contributed by atoms with van der Waals surface area (Å²) in [7, 11) is 1.72. The predicted molar refractivity (Wildman–Crippen MR) is 59.5 cm³/mol. The summed E-state index contributed by atoms with van der Waals surface area (Å²) in [6, 6.07) is 0.269. The van der Waals surface area contributed by atoms with Crippen LogP contribution < -0.4 is 11.3 Å². The SMILES string of the molecule is CC#CCCC(CC(C)(C)OC)NN. The average Bonchev–Trinajstić information content (AvgIpc) is 2.16. The van der Waals surface area contributed by atoms with E-state index in [0.717, 1.165) is 19.3 Å². The van der Waals surface area contributed by atoms with E-state index in [-0.39, 0.29) is 11.6 Å². The van der Waals surface area contributed by atoms with Gasteiger partial charge in [0.25, 0.3) is 0 Å². The van der Waals surface area contributed by atoms with Gasteiger partial charge in [-0.05, 0) is 33.6 Å². The first-order valence-electron chi connectivity index (χ1n) is 4.96. The lowest BCUT2D eigenvalue weighted by molar-refractivity contribution is 0.00649. The van der Waals surface area contributed by atoms with Crippen molar-refractivity contribution in [1.82, 2.24) is 5.43 Å². The van der Waals surface area contributed by atoms with Crippen molar-refractivity contribution in [2.45, 2.75) is 51.7 Å². The van der Waals surface area contributed by atoms with Crippen LogP contribution in [0.4, 0.5) is 0 Å². The topological polar surface area (TPSA) is 47.3 Å². The Morgan fingerprint density at radius 1 is 1.50 bits per heavy atom. The molecule has 0 radical (unpaired) electrons. The van der Waals surface area contributed by atoms with Crippen LogP contribution in [0.3, 0.4) is 0 Å². The molecule has 0 rings (SSSR count). The van der Waals surface area contributed by atoms with Crippen LogP contribution in [0.15, 0.2) is 0 Å². The van der Waals surface area contributed by atoms with Gasteiger partial charge in [-0.25, -0.2) is 0 Å². The van der Waals surface area contributed by atoms with E-state index in [4.69, 9.17) is 10.6 Å². The van der Waals surface area contributed by atoms with Gasteiger partial charge in [-0.15, -0.1) is 11.8 Å². The molecule has 3 N–H and O–H groups in total. The summed E-state index contributed by atoms with van der Waals surface area (Å²) in [4.78, 5) is 0. The number of hydrogen-bond donors (Lipinski definition) is 2. The van der Waals surface area contributed by atoms with Crippen LogP contribution in [0.25, 0.3) is 0 Å². The predicted octanol–water partition coefficient (Wildman–Crippen LogP) is 1.44. The van der Waals surface area contributed by atoms with E-state index >= 15 is 0 Å². The number of ether oxygens (including phenoxy) is 1. The van der Waals surface area contributed by atoms with E-state index in [0.29, 0.717) is 0 Å². The molecule has 0 fully saturated rings. The van der Waals surface area contributed by atoms with Crippen LogP contribution in [0.5, 0.6) is 0 Å². The second-order valence-electron chi connectivity index (χ2n) is 4.00. The van der Waals surface area contributed by atoms with Crippen molar-refractivity contribution in [3.8, 4) is 11.8 Å². The van der Waals surface area contributed by atoms with Gasteiger partial charge in [0.2, 0.25) is 0 Å². The van der Waals surface area contributed by atoms with Gasteiger partial charge < -0.3 is 4.74 Å². The molecule has 0 saturated carbocycles. The molecular weight excluding hydrogens is 176 g/mol. The molecule has 0 bridgehead atoms. The highest BCUT2D eigenvalue weighted by atomic mass is 16.5. The van der Waals surface area contributed by atoms with E-state index < -0.39 is 0 Å². The maximum absolute atomic E-state index is 5.46. The normalized spacial score (nSPS) is 13.2. The Hall–Kier alpha value is -0.560. The molecule has 0 aromatic rings. The van der Waals surface area contributed by atoms with Gasteiger partial charge in [-0.1, -0.05) is 0 Å². The summed E-state index contributed by atoms with van der Waals surface area (Å²) >= 11 is 0. The van der Waals surface area contributed by atoms with Crippen molar-refractivity contribution in [3.63, 3.8) is 0 Å². The summed E-state index contributed by atoms with van der Waals surface area (Å²) in [5, 5.41) is 0. The molecule has 0 aromatic carbocycles. The third-order valence-corrected chi connectivity index (χ3v) is 2.32. The zero-order valence-corrected chi connectivity index (χ0v) is 9.68. The van der Waals surface area contributed by atoms with E-state index in [1.54, 1.807) is 7.11 Å². The largest absolute Gasteiger partial charge is 0.379 e. The molecule has 1 unspecified atom stereocenters. The minimum absolute atomic E-state index is 0.128. The minimum Gasteiger partial charge on any atom is -0.379 e. The standard InChI is InChI=1S/C11H22N2O/c1-5-6-7-8-10(13-12)9-11(2,3)14-4/h10,13H,7-9,12H2,1-4H3. The van der Waals surface area contributed by atoms with Crippen molar-refractivity contribution in [2.24, 2.45) is 5.84 Å². The van der Waals surface area contributed by atoms with Crippen molar-refractivity contribution < 1.29 is 4.74 Å². The van der Waals surface area contributed by atoms with Gasteiger partial charge in [0.15, 0.2) is 0 Å². The summed E-state index contributed by atoms with van der Waals surface area (Å²) < 4.78 is 5.34. The zero-order chi connectivity index (χ0) is 11.0. The van der Waals surface area contributed by atoms with Crippen molar-refractivity contribution in [1.29, 1.82) is 0 Å². The Labute approximate surface area is 87.4 Å². The van der Waals surface area contributed by atoms with Crippen LogP contribution in [-0.2, 0) is 4.74 Å². The molecule has 3 heteroatoms. The monoisotopic (exact) mass is 198 g/mol. The maximum atomic E-state index is 5.46. The maximum Gasteiger partial charge on any atom is 0.0638 e. The Morgan fingerprint density at radius 3 is 2.57 bits per heavy atom. The molecule has 0 heterocycles. The van der Waals surface area contributed by atoms with Crippen molar-refractivity contribution in [3.05, 3.63) is 0 Å². The van der Waals surface area contributed by atoms with Crippen molar-refractivity contribution in [2.75, 3.05) is 7.11 Å². The molecule has 0 amide bonds. The van der Waals surface area contributed by atoms with Crippen LogP contribution in [0.1, 0.15) is 40.0 Å². The average molecular weight is 198 g/mol. The van der Waals surface area contributed by atoms with Gasteiger partial charge in [-0.3, -0.25) is 11.3 Å². The first-order chi connectivity index (χ1) is 6.55. The summed E-state index contributed by atoms with van der Waals surface area (Å²) in [6.45, 7) is 5.97. The first-order valence-corrected chi connectivity index (χ1v) is 4.96. The molecule has 0 aliphatic heterocycles. The highest BCUT2D eigenvalue weighted by Crippen LogP contribution is 2.17. The van der Waals surface area contributed by atoms with Crippen LogP contribution in [0.2, 0.25) is 0 Å². The minimum atomic E-state index is -0.128. The third kappa shape index (κ3) is 5.98. The fraction of sp³-hybridized carbons (Fsp3) is 0.818. The third-order valence-electron chi connectivity index (χ3n) is 2.32. The van der Waals surface area contributed by atoms with Crippen LogP contribution >= 0.6 is 0 Å². The lowest BCUT2D eigenvalue weighted by Gasteiger charge is -2.27. The number of hydrazine groups is 1. The number of rotatable bonds is 6. The number of methoxy groups -OCH3 is 1. The first kappa shape index (κ1) is 13.4. The molecule has 14 heavy (non-hydrogen) atoms. The highest BCUT2D eigenvalue weighted by Gasteiger charge is 2.21. The lowest BCUT2D eigenvalue weighted by atomic mass is 9.96. The molecule has 82 valence electrons. The van der Waals surface area contributed by atoms with E-state index in [1.807, 2.05) is 6.92 Å². The fourth-order valence-corrected chi connectivity index (χ4v) is 1.29. The molecule has 0 aliphatic rings. The summed E-state index contributed by atoms with van der Waals surface area (Å²) in [5.41, 5.74) is 2.68. The zero-order valence-electron chi connectivity index (χ0n) is 9.68. The van der Waals surface area contributed by atoms with E-state index in [2.05, 4.69) is 31.1 Å². The number of hydrogen-bond acceptors (Lipinski definition) is 3. The van der Waals surface area contributed by atoms with Gasteiger partial charge in [0.05, 0.1) is 5.60 Å². The number of nitrogens with two attached hydrogens (primary N) is 1. The Balaban J connectivity index is 3.94. The molecular formula is C11H22N2O. The number of nitrogens with one attached hydrogen (secondary N) is 1. The van der Waals surface area contributed by atoms with Gasteiger partial charge in [0.1, 0.15) is 0 Å². The van der Waals surface area contributed by atoms with Gasteiger partial charge >= 0.3 is 0 Å². The molecule has 0 aromatic heterocycles. The molecule has 0 aliphatic carbocycles.